The molecule has 5 nitrogen and oxygen atoms in total. The van der Waals surface area contributed by atoms with Gasteiger partial charge in [-0.15, -0.1) is 0 Å². The number of rotatable bonds is 4. The van der Waals surface area contributed by atoms with Crippen molar-refractivity contribution in [1.82, 2.24) is 5.32 Å². The van der Waals surface area contributed by atoms with Crippen LogP contribution in [-0.4, -0.2) is 45.7 Å². The third-order valence-corrected chi connectivity index (χ3v) is 9.52. The lowest BCUT2D eigenvalue weighted by Gasteiger charge is -2.25. The summed E-state index contributed by atoms with van der Waals surface area (Å²) in [7, 11) is -7.02. The largest absolute Gasteiger partial charge is 0.309 e. The Kier molecular flexibility index (Phi) is 5.56. The highest BCUT2D eigenvalue weighted by atomic mass is 32.2. The first-order valence-corrected chi connectivity index (χ1v) is 12.4. The van der Waals surface area contributed by atoms with Crippen molar-refractivity contribution in [2.45, 2.75) is 67.7 Å². The number of nitrogens with one attached hydrogen (secondary N) is 1. The SMILES string of the molecule is Cc1ccc(S(=O)(=O)C2CS(=O)(=O)CC2NC2CCCCCC2)cc1. The van der Waals surface area contributed by atoms with E-state index < -0.39 is 31.0 Å². The Balaban J connectivity index is 1.84. The van der Waals surface area contributed by atoms with E-state index in [1.807, 2.05) is 6.92 Å². The Morgan fingerprint density at radius 1 is 0.960 bits per heavy atom. The van der Waals surface area contributed by atoms with Crippen molar-refractivity contribution in [3.63, 3.8) is 0 Å². The molecular weight excluding hydrogens is 358 g/mol. The minimum absolute atomic E-state index is 0.0841. The Morgan fingerprint density at radius 3 is 2.16 bits per heavy atom. The van der Waals surface area contributed by atoms with Gasteiger partial charge < -0.3 is 5.32 Å². The molecule has 1 aromatic carbocycles. The maximum atomic E-state index is 13.0. The van der Waals surface area contributed by atoms with Gasteiger partial charge in [-0.05, 0) is 31.9 Å². The summed E-state index contributed by atoms with van der Waals surface area (Å²) in [6.07, 6.45) is 6.62. The first-order valence-electron chi connectivity index (χ1n) is 9.05. The lowest BCUT2D eigenvalue weighted by Crippen LogP contribution is -2.47. The molecule has 7 heteroatoms. The van der Waals surface area contributed by atoms with Crippen LogP contribution in [0, 0.1) is 6.92 Å². The Morgan fingerprint density at radius 2 is 1.56 bits per heavy atom. The Bertz CT molecular complexity index is 792. The monoisotopic (exact) mass is 385 g/mol. The number of hydrogen-bond acceptors (Lipinski definition) is 5. The minimum Gasteiger partial charge on any atom is -0.309 e. The highest BCUT2D eigenvalue weighted by Gasteiger charge is 2.46. The van der Waals surface area contributed by atoms with E-state index in [4.69, 9.17) is 0 Å². The van der Waals surface area contributed by atoms with E-state index in [2.05, 4.69) is 5.32 Å². The molecule has 1 heterocycles. The van der Waals surface area contributed by atoms with Crippen molar-refractivity contribution in [3.8, 4) is 0 Å². The summed E-state index contributed by atoms with van der Waals surface area (Å²) >= 11 is 0. The molecule has 1 saturated carbocycles. The van der Waals surface area contributed by atoms with E-state index >= 15 is 0 Å². The Hall–Kier alpha value is -0.920. The summed E-state index contributed by atoms with van der Waals surface area (Å²) in [6, 6.07) is 6.38. The van der Waals surface area contributed by atoms with Crippen molar-refractivity contribution in [2.75, 3.05) is 11.5 Å². The highest BCUT2D eigenvalue weighted by molar-refractivity contribution is 7.96. The Labute approximate surface area is 151 Å². The zero-order valence-electron chi connectivity index (χ0n) is 14.6. The maximum absolute atomic E-state index is 13.0. The van der Waals surface area contributed by atoms with E-state index in [0.717, 1.165) is 31.2 Å². The maximum Gasteiger partial charge on any atom is 0.183 e. The summed E-state index contributed by atoms with van der Waals surface area (Å²) < 4.78 is 50.5. The van der Waals surface area contributed by atoms with Gasteiger partial charge in [0.1, 0.15) is 0 Å². The normalized spacial score (nSPS) is 27.9. The van der Waals surface area contributed by atoms with Crippen LogP contribution in [0.2, 0.25) is 0 Å². The van der Waals surface area contributed by atoms with E-state index in [1.165, 1.54) is 12.8 Å². The molecule has 1 aliphatic heterocycles. The van der Waals surface area contributed by atoms with E-state index in [1.54, 1.807) is 24.3 Å². The molecule has 3 rings (SSSR count). The second-order valence-corrected chi connectivity index (χ2v) is 11.8. The van der Waals surface area contributed by atoms with Crippen LogP contribution in [0.4, 0.5) is 0 Å². The van der Waals surface area contributed by atoms with Crippen molar-refractivity contribution < 1.29 is 16.8 Å². The number of sulfone groups is 2. The molecule has 1 saturated heterocycles. The summed E-state index contributed by atoms with van der Waals surface area (Å²) in [5, 5.41) is 2.49. The zero-order valence-corrected chi connectivity index (χ0v) is 16.3. The van der Waals surface area contributed by atoms with Crippen molar-refractivity contribution in [3.05, 3.63) is 29.8 Å². The van der Waals surface area contributed by atoms with Crippen LogP contribution >= 0.6 is 0 Å². The molecule has 0 radical (unpaired) electrons. The first-order chi connectivity index (χ1) is 11.8. The lowest BCUT2D eigenvalue weighted by atomic mass is 10.1. The van der Waals surface area contributed by atoms with Crippen molar-refractivity contribution >= 4 is 19.7 Å². The lowest BCUT2D eigenvalue weighted by molar-refractivity contribution is 0.408. The average molecular weight is 386 g/mol. The third kappa shape index (κ3) is 4.44. The van der Waals surface area contributed by atoms with Crippen LogP contribution in [0.3, 0.4) is 0 Å². The van der Waals surface area contributed by atoms with Crippen LogP contribution in [0.25, 0.3) is 0 Å². The molecule has 0 amide bonds. The molecule has 1 N–H and O–H groups in total. The van der Waals surface area contributed by atoms with E-state index in [9.17, 15) is 16.8 Å². The fourth-order valence-corrected chi connectivity index (χ4v) is 8.61. The fraction of sp³-hybridized carbons (Fsp3) is 0.667. The van der Waals surface area contributed by atoms with Crippen LogP contribution in [0.15, 0.2) is 29.2 Å². The molecule has 1 aliphatic carbocycles. The fourth-order valence-electron chi connectivity index (χ4n) is 3.93. The molecule has 25 heavy (non-hydrogen) atoms. The van der Waals surface area contributed by atoms with Gasteiger partial charge in [0.2, 0.25) is 0 Å². The van der Waals surface area contributed by atoms with Crippen LogP contribution in [0.1, 0.15) is 44.1 Å². The van der Waals surface area contributed by atoms with Crippen molar-refractivity contribution in [1.29, 1.82) is 0 Å². The third-order valence-electron chi connectivity index (χ3n) is 5.35. The summed E-state index contributed by atoms with van der Waals surface area (Å²) in [5.74, 6) is -0.368. The summed E-state index contributed by atoms with van der Waals surface area (Å²) in [6.45, 7) is 1.90. The van der Waals surface area contributed by atoms with Gasteiger partial charge in [-0.2, -0.15) is 0 Å². The van der Waals surface area contributed by atoms with Gasteiger partial charge in [0.15, 0.2) is 19.7 Å². The quantitative estimate of drug-likeness (QED) is 0.804. The molecular formula is C18H27NO4S2. The number of benzene rings is 1. The van der Waals surface area contributed by atoms with Crippen molar-refractivity contribution in [2.24, 2.45) is 0 Å². The predicted molar refractivity (Wildman–Crippen MR) is 99.2 cm³/mol. The molecule has 140 valence electrons. The minimum atomic E-state index is -3.68. The summed E-state index contributed by atoms with van der Waals surface area (Å²) in [5.41, 5.74) is 0.978. The van der Waals surface area contributed by atoms with Gasteiger partial charge >= 0.3 is 0 Å². The van der Waals surface area contributed by atoms with Gasteiger partial charge in [0, 0.05) is 12.1 Å². The van der Waals surface area contributed by atoms with Crippen LogP contribution in [-0.2, 0) is 19.7 Å². The molecule has 0 bridgehead atoms. The number of hydrogen-bond donors (Lipinski definition) is 1. The topological polar surface area (TPSA) is 80.3 Å². The molecule has 2 aliphatic rings. The van der Waals surface area contributed by atoms with Gasteiger partial charge in [-0.1, -0.05) is 43.4 Å². The molecule has 2 unspecified atom stereocenters. The molecule has 2 atom stereocenters. The van der Waals surface area contributed by atoms with E-state index in [0.29, 0.717) is 0 Å². The number of aryl methyl sites for hydroxylation is 1. The van der Waals surface area contributed by atoms with Gasteiger partial charge in [-0.25, -0.2) is 16.8 Å². The second-order valence-electron chi connectivity index (χ2n) is 7.44. The smallest absolute Gasteiger partial charge is 0.183 e. The zero-order chi connectivity index (χ0) is 18.1. The van der Waals surface area contributed by atoms with Crippen LogP contribution < -0.4 is 5.32 Å². The standard InChI is InChI=1S/C18H27NO4S2/c1-14-8-10-16(11-9-14)25(22,23)18-13-24(20,21)12-17(18)19-15-6-4-2-3-5-7-15/h8-11,15,17-19H,2-7,12-13H2,1H3. The first kappa shape index (κ1) is 18.9. The summed E-state index contributed by atoms with van der Waals surface area (Å²) in [4.78, 5) is 0.216. The molecule has 0 spiro atoms. The predicted octanol–water partition coefficient (Wildman–Crippen LogP) is 2.25. The van der Waals surface area contributed by atoms with Crippen LogP contribution in [0.5, 0.6) is 0 Å². The molecule has 0 aromatic heterocycles. The highest BCUT2D eigenvalue weighted by Crippen LogP contribution is 2.28. The van der Waals surface area contributed by atoms with Gasteiger partial charge in [-0.3, -0.25) is 0 Å². The van der Waals surface area contributed by atoms with E-state index in [-0.39, 0.29) is 22.4 Å². The van der Waals surface area contributed by atoms with Gasteiger partial charge in [0.05, 0.1) is 21.7 Å². The molecule has 1 aromatic rings. The average Bonchev–Trinajstić information content (AvgIpc) is 2.72. The van der Waals surface area contributed by atoms with Gasteiger partial charge in [0.25, 0.3) is 0 Å². The molecule has 2 fully saturated rings. The second kappa shape index (κ2) is 7.37.